The second-order valence-electron chi connectivity index (χ2n) is 3.79. The molecule has 104 valence electrons. The molecule has 0 unspecified atom stereocenters. The number of benzene rings is 1. The maximum Gasteiger partial charge on any atom is 0.344 e. The number of nitrogen functional groups attached to an aromatic ring is 1. The summed E-state index contributed by atoms with van der Waals surface area (Å²) in [6, 6.07) is 6.75. The molecule has 1 rings (SSSR count). The molecule has 0 aliphatic rings. The average molecular weight is 266 g/mol. The fourth-order valence-electron chi connectivity index (χ4n) is 1.33. The highest BCUT2D eigenvalue weighted by Crippen LogP contribution is 2.14. The maximum atomic E-state index is 11.3. The number of amides is 1. The summed E-state index contributed by atoms with van der Waals surface area (Å²) in [5, 5.41) is 2.61. The van der Waals surface area contributed by atoms with Crippen molar-refractivity contribution < 1.29 is 19.1 Å². The van der Waals surface area contributed by atoms with Crippen LogP contribution in [0.4, 0.5) is 5.69 Å². The molecule has 0 heterocycles. The molecule has 6 heteroatoms. The summed E-state index contributed by atoms with van der Waals surface area (Å²) < 4.78 is 10.1. The predicted octanol–water partition coefficient (Wildman–Crippen LogP) is 0.717. The molecule has 6 nitrogen and oxygen atoms in total. The van der Waals surface area contributed by atoms with Gasteiger partial charge in [-0.3, -0.25) is 4.79 Å². The van der Waals surface area contributed by atoms with Gasteiger partial charge in [-0.2, -0.15) is 0 Å². The lowest BCUT2D eigenvalue weighted by molar-refractivity contribution is -0.146. The quantitative estimate of drug-likeness (QED) is 0.560. The number of nitrogens with two attached hydrogens (primary N) is 1. The van der Waals surface area contributed by atoms with Crippen molar-refractivity contribution in [2.24, 2.45) is 0 Å². The number of anilines is 1. The molecule has 0 bridgehead atoms. The number of ether oxygens (including phenoxy) is 2. The summed E-state index contributed by atoms with van der Waals surface area (Å²) in [5.41, 5.74) is 6.12. The van der Waals surface area contributed by atoms with Crippen molar-refractivity contribution in [3.05, 3.63) is 24.3 Å². The number of esters is 1. The molecule has 0 fully saturated rings. The Morgan fingerprint density at radius 1 is 1.37 bits per heavy atom. The third-order valence-electron chi connectivity index (χ3n) is 2.18. The van der Waals surface area contributed by atoms with Gasteiger partial charge in [-0.05, 0) is 19.1 Å². The van der Waals surface area contributed by atoms with E-state index in [9.17, 15) is 9.59 Å². The zero-order valence-corrected chi connectivity index (χ0v) is 10.8. The van der Waals surface area contributed by atoms with E-state index in [2.05, 4.69) is 5.32 Å². The predicted molar refractivity (Wildman–Crippen MR) is 70.6 cm³/mol. The van der Waals surface area contributed by atoms with Crippen molar-refractivity contribution >= 4 is 17.6 Å². The summed E-state index contributed by atoms with van der Waals surface area (Å²) in [4.78, 5) is 22.4. The van der Waals surface area contributed by atoms with Gasteiger partial charge in [-0.1, -0.05) is 6.07 Å². The first-order chi connectivity index (χ1) is 9.11. The largest absolute Gasteiger partial charge is 0.482 e. The highest BCUT2D eigenvalue weighted by molar-refractivity contribution is 5.76. The fourth-order valence-corrected chi connectivity index (χ4v) is 1.33. The van der Waals surface area contributed by atoms with Crippen molar-refractivity contribution in [1.82, 2.24) is 5.32 Å². The van der Waals surface area contributed by atoms with Crippen molar-refractivity contribution in [2.45, 2.75) is 13.3 Å². The van der Waals surface area contributed by atoms with Crippen molar-refractivity contribution in [3.63, 3.8) is 0 Å². The van der Waals surface area contributed by atoms with Gasteiger partial charge in [-0.25, -0.2) is 4.79 Å². The van der Waals surface area contributed by atoms with Crippen LogP contribution in [0.2, 0.25) is 0 Å². The molecule has 19 heavy (non-hydrogen) atoms. The Kier molecular flexibility index (Phi) is 6.21. The van der Waals surface area contributed by atoms with E-state index in [0.717, 1.165) is 0 Å². The van der Waals surface area contributed by atoms with Crippen molar-refractivity contribution in [3.8, 4) is 5.75 Å². The molecule has 0 atom stereocenters. The van der Waals surface area contributed by atoms with Gasteiger partial charge in [0.25, 0.3) is 0 Å². The van der Waals surface area contributed by atoms with Crippen LogP contribution in [-0.2, 0) is 14.3 Å². The second kappa shape index (κ2) is 7.97. The van der Waals surface area contributed by atoms with Crippen LogP contribution in [0.5, 0.6) is 5.75 Å². The lowest BCUT2D eigenvalue weighted by Crippen LogP contribution is -2.25. The number of rotatable bonds is 7. The Labute approximate surface area is 111 Å². The Morgan fingerprint density at radius 3 is 2.84 bits per heavy atom. The summed E-state index contributed by atoms with van der Waals surface area (Å²) in [6.07, 6.45) is 0.151. The zero-order chi connectivity index (χ0) is 14.1. The lowest BCUT2D eigenvalue weighted by Gasteiger charge is -2.07. The van der Waals surface area contributed by atoms with E-state index in [0.29, 0.717) is 18.0 Å². The minimum absolute atomic E-state index is 0.0466. The monoisotopic (exact) mass is 266 g/mol. The number of carbonyl (C=O) groups is 2. The normalized spacial score (nSPS) is 9.74. The molecule has 0 saturated heterocycles. The summed E-state index contributed by atoms with van der Waals surface area (Å²) in [5.74, 6) is -0.167. The number of carbonyl (C=O) groups excluding carboxylic acids is 2. The van der Waals surface area contributed by atoms with Gasteiger partial charge < -0.3 is 20.5 Å². The Bertz CT molecular complexity index is 434. The highest BCUT2D eigenvalue weighted by atomic mass is 16.6. The van der Waals surface area contributed by atoms with Crippen LogP contribution in [0.3, 0.4) is 0 Å². The molecule has 0 aliphatic heterocycles. The van der Waals surface area contributed by atoms with Crippen LogP contribution in [0.1, 0.15) is 13.3 Å². The topological polar surface area (TPSA) is 90.6 Å². The van der Waals surface area contributed by atoms with E-state index < -0.39 is 5.97 Å². The molecule has 0 spiro atoms. The van der Waals surface area contributed by atoms with Gasteiger partial charge >= 0.3 is 5.97 Å². The number of hydrogen-bond acceptors (Lipinski definition) is 5. The van der Waals surface area contributed by atoms with Crippen LogP contribution < -0.4 is 15.8 Å². The Balaban J connectivity index is 2.19. The van der Waals surface area contributed by atoms with E-state index in [4.69, 9.17) is 15.2 Å². The highest BCUT2D eigenvalue weighted by Gasteiger charge is 2.06. The number of hydrogen-bond donors (Lipinski definition) is 2. The molecule has 0 saturated carbocycles. The molecule has 1 amide bonds. The summed E-state index contributed by atoms with van der Waals surface area (Å²) in [7, 11) is 0. The van der Waals surface area contributed by atoms with Gasteiger partial charge in [0.2, 0.25) is 5.91 Å². The molecule has 1 aromatic rings. The summed E-state index contributed by atoms with van der Waals surface area (Å²) >= 11 is 0. The van der Waals surface area contributed by atoms with Crippen LogP contribution in [-0.4, -0.2) is 31.6 Å². The smallest absolute Gasteiger partial charge is 0.344 e. The number of nitrogens with one attached hydrogen (secondary N) is 1. The first kappa shape index (κ1) is 14.8. The molecule has 0 radical (unpaired) electrons. The van der Waals surface area contributed by atoms with Crippen molar-refractivity contribution in [2.75, 3.05) is 25.5 Å². The van der Waals surface area contributed by atoms with E-state index in [1.165, 1.54) is 0 Å². The molecule has 1 aromatic carbocycles. The SMILES string of the molecule is CCNC(=O)CCOC(=O)COc1cccc(N)c1. The van der Waals surface area contributed by atoms with E-state index in [-0.39, 0.29) is 25.5 Å². The maximum absolute atomic E-state index is 11.3. The molecular weight excluding hydrogens is 248 g/mol. The van der Waals surface area contributed by atoms with E-state index in [1.54, 1.807) is 24.3 Å². The van der Waals surface area contributed by atoms with E-state index in [1.807, 2.05) is 6.92 Å². The van der Waals surface area contributed by atoms with Gasteiger partial charge in [0, 0.05) is 18.3 Å². The molecule has 0 aromatic heterocycles. The third-order valence-corrected chi connectivity index (χ3v) is 2.18. The zero-order valence-electron chi connectivity index (χ0n) is 10.8. The Hall–Kier alpha value is -2.24. The minimum atomic E-state index is -0.522. The standard InChI is InChI=1S/C13H18N2O4/c1-2-15-12(16)6-7-18-13(17)9-19-11-5-3-4-10(14)8-11/h3-5,8H,2,6-7,9,14H2,1H3,(H,15,16). The minimum Gasteiger partial charge on any atom is -0.482 e. The van der Waals surface area contributed by atoms with Gasteiger partial charge in [0.05, 0.1) is 6.42 Å². The van der Waals surface area contributed by atoms with Crippen LogP contribution in [0, 0.1) is 0 Å². The first-order valence-electron chi connectivity index (χ1n) is 6.02. The molecular formula is C13H18N2O4. The Morgan fingerprint density at radius 2 is 2.16 bits per heavy atom. The molecule has 0 aliphatic carbocycles. The van der Waals surface area contributed by atoms with Crippen molar-refractivity contribution in [1.29, 1.82) is 0 Å². The molecule has 3 N–H and O–H groups in total. The lowest BCUT2D eigenvalue weighted by atomic mass is 10.3. The van der Waals surface area contributed by atoms with Crippen LogP contribution >= 0.6 is 0 Å². The van der Waals surface area contributed by atoms with Gasteiger partial charge in [0.15, 0.2) is 6.61 Å². The van der Waals surface area contributed by atoms with Crippen LogP contribution in [0.25, 0.3) is 0 Å². The van der Waals surface area contributed by atoms with Gasteiger partial charge in [-0.15, -0.1) is 0 Å². The second-order valence-corrected chi connectivity index (χ2v) is 3.79. The fraction of sp³-hybridized carbons (Fsp3) is 0.385. The van der Waals surface area contributed by atoms with E-state index >= 15 is 0 Å². The first-order valence-corrected chi connectivity index (χ1v) is 6.02. The summed E-state index contributed by atoms with van der Waals surface area (Å²) in [6.45, 7) is 2.22. The average Bonchev–Trinajstić information content (AvgIpc) is 2.37. The van der Waals surface area contributed by atoms with Gasteiger partial charge in [0.1, 0.15) is 12.4 Å². The third kappa shape index (κ3) is 6.30. The van der Waals surface area contributed by atoms with Crippen LogP contribution in [0.15, 0.2) is 24.3 Å².